The Kier molecular flexibility index (Phi) is 3.78. The van der Waals surface area contributed by atoms with Gasteiger partial charge in [0.2, 0.25) is 0 Å². The monoisotopic (exact) mass is 342 g/mol. The maximum atomic E-state index is 12.6. The highest BCUT2D eigenvalue weighted by Gasteiger charge is 2.29. The van der Waals surface area contributed by atoms with Crippen LogP contribution in [0.3, 0.4) is 0 Å². The number of fused-ring (bicyclic) bond motifs is 3. The highest BCUT2D eigenvalue weighted by molar-refractivity contribution is 6.30. The summed E-state index contributed by atoms with van der Waals surface area (Å²) in [5, 5.41) is 5.13. The summed E-state index contributed by atoms with van der Waals surface area (Å²) in [4.78, 5) is 21.1. The van der Waals surface area contributed by atoms with Gasteiger partial charge in [-0.2, -0.15) is 4.98 Å². The van der Waals surface area contributed by atoms with E-state index in [4.69, 9.17) is 16.3 Å². The average Bonchev–Trinajstić information content (AvgIpc) is 2.99. The van der Waals surface area contributed by atoms with Gasteiger partial charge in [-0.25, -0.2) is 9.50 Å². The molecule has 1 unspecified atom stereocenters. The van der Waals surface area contributed by atoms with Crippen LogP contribution in [0.25, 0.3) is 5.78 Å². The molecule has 24 heavy (non-hydrogen) atoms. The van der Waals surface area contributed by atoms with Gasteiger partial charge >= 0.3 is 0 Å². The predicted octanol–water partition coefficient (Wildman–Crippen LogP) is 2.84. The minimum Gasteiger partial charge on any atom is -0.377 e. The number of ether oxygens (including phenoxy) is 1. The zero-order valence-electron chi connectivity index (χ0n) is 13.1. The zero-order chi connectivity index (χ0) is 16.7. The average molecular weight is 343 g/mol. The van der Waals surface area contributed by atoms with Crippen LogP contribution in [0.5, 0.6) is 0 Å². The highest BCUT2D eigenvalue weighted by Crippen LogP contribution is 2.32. The van der Waals surface area contributed by atoms with Gasteiger partial charge in [0, 0.05) is 24.8 Å². The molecule has 1 atom stereocenters. The normalized spacial score (nSPS) is 17.2. The van der Waals surface area contributed by atoms with Crippen LogP contribution in [0.2, 0.25) is 5.02 Å². The molecule has 0 saturated heterocycles. The second-order valence-corrected chi connectivity index (χ2v) is 6.31. The van der Waals surface area contributed by atoms with Crippen LogP contribution in [0.15, 0.2) is 30.5 Å². The van der Waals surface area contributed by atoms with Crippen molar-refractivity contribution in [1.82, 2.24) is 19.6 Å². The number of methoxy groups -OCH3 is 1. The standard InChI is InChI=1S/C17H15ClN4O2/c1-24-9-16-20-17-19-8-13-14(22(17)21-16)6-11(7-15(13)23)10-2-4-12(18)5-3-10/h2-5,8,11H,6-7,9H2,1H3. The van der Waals surface area contributed by atoms with Crippen LogP contribution in [-0.2, 0) is 17.8 Å². The van der Waals surface area contributed by atoms with E-state index in [9.17, 15) is 4.79 Å². The second kappa shape index (κ2) is 5.96. The van der Waals surface area contributed by atoms with E-state index < -0.39 is 0 Å². The fourth-order valence-electron chi connectivity index (χ4n) is 3.15. The number of carbonyl (C=O) groups excluding carboxylic acids is 1. The first-order chi connectivity index (χ1) is 11.7. The first-order valence-corrected chi connectivity index (χ1v) is 8.04. The van der Waals surface area contributed by atoms with Crippen LogP contribution >= 0.6 is 11.6 Å². The molecular formula is C17H15ClN4O2. The molecule has 4 rings (SSSR count). The van der Waals surface area contributed by atoms with Gasteiger partial charge < -0.3 is 4.74 Å². The van der Waals surface area contributed by atoms with Gasteiger partial charge in [0.1, 0.15) is 6.61 Å². The molecule has 1 aliphatic rings. The van der Waals surface area contributed by atoms with Crippen molar-refractivity contribution in [2.24, 2.45) is 0 Å². The molecule has 1 aliphatic carbocycles. The number of halogens is 1. The lowest BCUT2D eigenvalue weighted by molar-refractivity contribution is 0.0962. The fourth-order valence-corrected chi connectivity index (χ4v) is 3.28. The number of hydrogen-bond donors (Lipinski definition) is 0. The van der Waals surface area contributed by atoms with E-state index in [0.29, 0.717) is 41.6 Å². The molecule has 0 spiro atoms. The molecule has 7 heteroatoms. The maximum Gasteiger partial charge on any atom is 0.252 e. The van der Waals surface area contributed by atoms with Crippen LogP contribution in [0.1, 0.15) is 39.8 Å². The Labute approximate surface area is 143 Å². The number of hydrogen-bond acceptors (Lipinski definition) is 5. The van der Waals surface area contributed by atoms with Gasteiger partial charge in [0.25, 0.3) is 5.78 Å². The molecule has 0 N–H and O–H groups in total. The number of carbonyl (C=O) groups is 1. The summed E-state index contributed by atoms with van der Waals surface area (Å²) >= 11 is 5.96. The number of nitrogens with zero attached hydrogens (tertiary/aromatic N) is 4. The van der Waals surface area contributed by atoms with Crippen molar-refractivity contribution in [3.63, 3.8) is 0 Å². The van der Waals surface area contributed by atoms with Crippen molar-refractivity contribution in [1.29, 1.82) is 0 Å². The van der Waals surface area contributed by atoms with E-state index in [1.165, 1.54) is 0 Å². The minimum atomic E-state index is 0.0781. The summed E-state index contributed by atoms with van der Waals surface area (Å²) in [5.74, 6) is 1.22. The summed E-state index contributed by atoms with van der Waals surface area (Å²) in [6.45, 7) is 0.312. The Balaban J connectivity index is 1.78. The number of benzene rings is 1. The summed E-state index contributed by atoms with van der Waals surface area (Å²) in [7, 11) is 1.59. The molecule has 3 aromatic rings. The third kappa shape index (κ3) is 2.57. The highest BCUT2D eigenvalue weighted by atomic mass is 35.5. The molecular weight excluding hydrogens is 328 g/mol. The SMILES string of the molecule is COCc1nc2ncc3c(n2n1)CC(c1ccc(Cl)cc1)CC3=O. The maximum absolute atomic E-state index is 12.6. The predicted molar refractivity (Wildman–Crippen MR) is 88.3 cm³/mol. The largest absolute Gasteiger partial charge is 0.377 e. The van der Waals surface area contributed by atoms with Crippen LogP contribution in [0, 0.1) is 0 Å². The lowest BCUT2D eigenvalue weighted by Crippen LogP contribution is -2.22. The molecule has 1 aromatic carbocycles. The van der Waals surface area contributed by atoms with E-state index in [1.54, 1.807) is 17.8 Å². The zero-order valence-corrected chi connectivity index (χ0v) is 13.8. The van der Waals surface area contributed by atoms with Gasteiger partial charge in [-0.05, 0) is 30.0 Å². The van der Waals surface area contributed by atoms with E-state index in [1.807, 2.05) is 24.3 Å². The van der Waals surface area contributed by atoms with E-state index >= 15 is 0 Å². The molecule has 0 saturated carbocycles. The van der Waals surface area contributed by atoms with Crippen molar-refractivity contribution in [2.45, 2.75) is 25.4 Å². The Morgan fingerprint density at radius 2 is 2.08 bits per heavy atom. The lowest BCUT2D eigenvalue weighted by Gasteiger charge is -2.23. The topological polar surface area (TPSA) is 69.4 Å². The molecule has 0 aliphatic heterocycles. The third-order valence-corrected chi connectivity index (χ3v) is 4.55. The van der Waals surface area contributed by atoms with Crippen molar-refractivity contribution < 1.29 is 9.53 Å². The Morgan fingerprint density at radius 3 is 2.83 bits per heavy atom. The molecule has 2 aromatic heterocycles. The summed E-state index contributed by atoms with van der Waals surface area (Å²) in [6, 6.07) is 7.65. The Morgan fingerprint density at radius 1 is 1.29 bits per heavy atom. The summed E-state index contributed by atoms with van der Waals surface area (Å²) in [6.07, 6.45) is 2.77. The van der Waals surface area contributed by atoms with Gasteiger partial charge in [-0.1, -0.05) is 23.7 Å². The first-order valence-electron chi connectivity index (χ1n) is 7.67. The third-order valence-electron chi connectivity index (χ3n) is 4.30. The quantitative estimate of drug-likeness (QED) is 0.732. The Hall–Kier alpha value is -2.31. The van der Waals surface area contributed by atoms with Crippen molar-refractivity contribution >= 4 is 23.2 Å². The number of ketones is 1. The molecule has 6 nitrogen and oxygen atoms in total. The van der Waals surface area contributed by atoms with E-state index in [0.717, 1.165) is 11.3 Å². The Bertz CT molecular complexity index is 920. The molecule has 0 bridgehead atoms. The molecule has 0 amide bonds. The van der Waals surface area contributed by atoms with Gasteiger partial charge in [0.15, 0.2) is 11.6 Å². The molecule has 0 fully saturated rings. The second-order valence-electron chi connectivity index (χ2n) is 5.87. The van der Waals surface area contributed by atoms with Gasteiger partial charge in [-0.15, -0.1) is 5.10 Å². The van der Waals surface area contributed by atoms with Crippen molar-refractivity contribution in [2.75, 3.05) is 7.11 Å². The molecule has 0 radical (unpaired) electrons. The van der Waals surface area contributed by atoms with E-state index in [2.05, 4.69) is 15.1 Å². The lowest BCUT2D eigenvalue weighted by atomic mass is 9.82. The number of aromatic nitrogens is 4. The van der Waals surface area contributed by atoms with Crippen LogP contribution in [0.4, 0.5) is 0 Å². The number of rotatable bonds is 3. The molecule has 2 heterocycles. The van der Waals surface area contributed by atoms with Crippen molar-refractivity contribution in [3.05, 3.63) is 58.1 Å². The number of Topliss-reactive ketones (excluding diaryl/α,β-unsaturated/α-hetero) is 1. The smallest absolute Gasteiger partial charge is 0.252 e. The molecule has 122 valence electrons. The van der Waals surface area contributed by atoms with Crippen LogP contribution in [-0.4, -0.2) is 32.5 Å². The van der Waals surface area contributed by atoms with Crippen LogP contribution < -0.4 is 0 Å². The summed E-state index contributed by atoms with van der Waals surface area (Å²) in [5.41, 5.74) is 2.58. The summed E-state index contributed by atoms with van der Waals surface area (Å²) < 4.78 is 6.75. The first kappa shape index (κ1) is 15.2. The van der Waals surface area contributed by atoms with Crippen molar-refractivity contribution in [3.8, 4) is 0 Å². The minimum absolute atomic E-state index is 0.0781. The van der Waals surface area contributed by atoms with E-state index in [-0.39, 0.29) is 11.7 Å². The van der Waals surface area contributed by atoms with Gasteiger partial charge in [0.05, 0.1) is 11.3 Å². The van der Waals surface area contributed by atoms with Gasteiger partial charge in [-0.3, -0.25) is 4.79 Å². The fraction of sp³-hybridized carbons (Fsp3) is 0.294.